The van der Waals surface area contributed by atoms with Crippen molar-refractivity contribution in [2.24, 2.45) is 20.0 Å². The number of benzene rings is 2. The first-order valence-corrected chi connectivity index (χ1v) is 15.4. The SMILES string of the molecule is CC1CCCC(n2cnc(-c3cc(Cl)ccc3-c3ccc4c(ccn4C)c3)cc2=O)c2cc(ccn2)-c2c(cnn2C)NC1=O. The molecule has 4 aromatic heterocycles. The number of amides is 1. The van der Waals surface area contributed by atoms with E-state index in [1.807, 2.05) is 57.5 Å². The Kier molecular flexibility index (Phi) is 7.33. The lowest BCUT2D eigenvalue weighted by atomic mass is 9.96. The summed E-state index contributed by atoms with van der Waals surface area (Å²) in [6.45, 7) is 1.92. The highest BCUT2D eigenvalue weighted by molar-refractivity contribution is 6.31. The number of nitrogens with one attached hydrogen (secondary N) is 1. The Morgan fingerprint density at radius 3 is 2.62 bits per heavy atom. The predicted molar refractivity (Wildman–Crippen MR) is 177 cm³/mol. The summed E-state index contributed by atoms with van der Waals surface area (Å²) in [5.41, 5.74) is 7.25. The zero-order chi connectivity index (χ0) is 31.2. The number of anilines is 1. The number of fused-ring (bicyclic) bond motifs is 5. The molecule has 0 spiro atoms. The van der Waals surface area contributed by atoms with Crippen molar-refractivity contribution in [2.45, 2.75) is 32.2 Å². The Morgan fingerprint density at radius 1 is 0.911 bits per heavy atom. The second-order valence-corrected chi connectivity index (χ2v) is 12.2. The van der Waals surface area contributed by atoms with Crippen LogP contribution in [0.1, 0.15) is 37.9 Å². The third-order valence-corrected chi connectivity index (χ3v) is 9.02. The van der Waals surface area contributed by atoms with E-state index < -0.39 is 0 Å². The zero-order valence-corrected chi connectivity index (χ0v) is 26.0. The summed E-state index contributed by atoms with van der Waals surface area (Å²) < 4.78 is 5.47. The van der Waals surface area contributed by atoms with Crippen LogP contribution in [0.15, 0.2) is 90.4 Å². The minimum Gasteiger partial charge on any atom is -0.351 e. The lowest BCUT2D eigenvalue weighted by Crippen LogP contribution is -2.27. The van der Waals surface area contributed by atoms with Gasteiger partial charge >= 0.3 is 0 Å². The van der Waals surface area contributed by atoms with Crippen LogP contribution in [0, 0.1) is 5.92 Å². The Hall–Kier alpha value is -5.02. The van der Waals surface area contributed by atoms with E-state index in [9.17, 15) is 9.59 Å². The van der Waals surface area contributed by atoms with Crippen molar-refractivity contribution in [3.8, 4) is 33.6 Å². The van der Waals surface area contributed by atoms with E-state index in [1.54, 1.807) is 34.0 Å². The van der Waals surface area contributed by atoms with Crippen LogP contribution < -0.4 is 10.9 Å². The zero-order valence-electron chi connectivity index (χ0n) is 25.2. The molecular formula is C35H32ClN7O2. The lowest BCUT2D eigenvalue weighted by molar-refractivity contribution is -0.119. The van der Waals surface area contributed by atoms with Crippen molar-refractivity contribution in [1.82, 2.24) is 28.9 Å². The molecule has 2 atom stereocenters. The van der Waals surface area contributed by atoms with Gasteiger partial charge in [0.15, 0.2) is 0 Å². The molecular weight excluding hydrogens is 586 g/mol. The van der Waals surface area contributed by atoms with Crippen LogP contribution in [0.5, 0.6) is 0 Å². The fourth-order valence-corrected chi connectivity index (χ4v) is 6.48. The summed E-state index contributed by atoms with van der Waals surface area (Å²) in [6.07, 6.45) is 9.05. The number of aryl methyl sites for hydroxylation is 2. The van der Waals surface area contributed by atoms with Crippen LogP contribution in [0.25, 0.3) is 44.5 Å². The molecule has 5 heterocycles. The van der Waals surface area contributed by atoms with Crippen LogP contribution >= 0.6 is 11.6 Å². The van der Waals surface area contributed by atoms with Crippen LogP contribution in [-0.4, -0.2) is 34.8 Å². The Morgan fingerprint density at radius 2 is 1.78 bits per heavy atom. The number of carbonyl (C=O) groups excluding carboxylic acids is 1. The van der Waals surface area contributed by atoms with Crippen molar-refractivity contribution < 1.29 is 4.79 Å². The third-order valence-electron chi connectivity index (χ3n) is 8.78. The summed E-state index contributed by atoms with van der Waals surface area (Å²) in [7, 11) is 3.86. The van der Waals surface area contributed by atoms with E-state index in [0.717, 1.165) is 51.0 Å². The van der Waals surface area contributed by atoms with E-state index in [0.29, 0.717) is 29.2 Å². The van der Waals surface area contributed by atoms with Crippen molar-refractivity contribution in [1.29, 1.82) is 0 Å². The van der Waals surface area contributed by atoms with Gasteiger partial charge in [-0.2, -0.15) is 5.10 Å². The first-order chi connectivity index (χ1) is 21.8. The summed E-state index contributed by atoms with van der Waals surface area (Å²) >= 11 is 6.47. The van der Waals surface area contributed by atoms with Gasteiger partial charge in [-0.1, -0.05) is 37.1 Å². The molecule has 6 aromatic rings. The molecule has 0 fully saturated rings. The smallest absolute Gasteiger partial charge is 0.254 e. The number of aromatic nitrogens is 6. The topological polar surface area (TPSA) is 99.6 Å². The molecule has 45 heavy (non-hydrogen) atoms. The fourth-order valence-electron chi connectivity index (χ4n) is 6.30. The molecule has 10 heteroatoms. The van der Waals surface area contributed by atoms with Gasteiger partial charge in [-0.15, -0.1) is 0 Å². The van der Waals surface area contributed by atoms with Gasteiger partial charge < -0.3 is 9.88 Å². The molecule has 0 radical (unpaired) electrons. The number of hydrogen-bond acceptors (Lipinski definition) is 5. The van der Waals surface area contributed by atoms with Crippen molar-refractivity contribution >= 4 is 34.1 Å². The quantitative estimate of drug-likeness (QED) is 0.234. The highest BCUT2D eigenvalue weighted by Gasteiger charge is 2.24. The molecule has 0 aliphatic carbocycles. The molecule has 7 rings (SSSR count). The molecule has 1 amide bonds. The van der Waals surface area contributed by atoms with Gasteiger partial charge in [0, 0.05) is 65.5 Å². The lowest BCUT2D eigenvalue weighted by Gasteiger charge is -2.22. The van der Waals surface area contributed by atoms with Gasteiger partial charge in [0.2, 0.25) is 5.91 Å². The molecule has 226 valence electrons. The van der Waals surface area contributed by atoms with Gasteiger partial charge in [0.05, 0.1) is 41.3 Å². The van der Waals surface area contributed by atoms with Crippen molar-refractivity contribution in [2.75, 3.05) is 5.32 Å². The molecule has 2 bridgehead atoms. The Labute approximate surface area is 265 Å². The second-order valence-electron chi connectivity index (χ2n) is 11.7. The maximum atomic E-state index is 13.9. The van der Waals surface area contributed by atoms with E-state index in [-0.39, 0.29) is 23.4 Å². The fraction of sp³-hybridized carbons (Fsp3) is 0.229. The van der Waals surface area contributed by atoms with Crippen molar-refractivity contribution in [3.05, 3.63) is 107 Å². The van der Waals surface area contributed by atoms with Crippen LogP contribution in [-0.2, 0) is 18.9 Å². The molecule has 2 aromatic carbocycles. The van der Waals surface area contributed by atoms with E-state index in [1.165, 1.54) is 0 Å². The average molecular weight is 618 g/mol. The number of rotatable bonds is 3. The number of halogens is 1. The summed E-state index contributed by atoms with van der Waals surface area (Å²) in [6, 6.07) is 19.2. The minimum atomic E-state index is -0.371. The predicted octanol–water partition coefficient (Wildman–Crippen LogP) is 6.87. The van der Waals surface area contributed by atoms with Gasteiger partial charge in [0.1, 0.15) is 0 Å². The van der Waals surface area contributed by atoms with Gasteiger partial charge in [0.25, 0.3) is 5.56 Å². The normalized spacial score (nSPS) is 16.9. The summed E-state index contributed by atoms with van der Waals surface area (Å²) in [5, 5.41) is 9.12. The third kappa shape index (κ3) is 5.33. The average Bonchev–Trinajstić information content (AvgIpc) is 3.59. The number of nitrogens with zero attached hydrogens (tertiary/aromatic N) is 6. The first kappa shape index (κ1) is 28.7. The van der Waals surface area contributed by atoms with E-state index >= 15 is 0 Å². The monoisotopic (exact) mass is 617 g/mol. The highest BCUT2D eigenvalue weighted by atomic mass is 35.5. The maximum absolute atomic E-state index is 13.9. The number of pyridine rings is 1. The highest BCUT2D eigenvalue weighted by Crippen LogP contribution is 2.36. The van der Waals surface area contributed by atoms with E-state index in [4.69, 9.17) is 21.6 Å². The van der Waals surface area contributed by atoms with Crippen molar-refractivity contribution in [3.63, 3.8) is 0 Å². The second kappa shape index (κ2) is 11.5. The molecule has 1 N–H and O–H groups in total. The van der Waals surface area contributed by atoms with Gasteiger partial charge in [-0.25, -0.2) is 4.98 Å². The molecule has 1 aliphatic heterocycles. The molecule has 2 unspecified atom stereocenters. The molecule has 9 nitrogen and oxygen atoms in total. The first-order valence-electron chi connectivity index (χ1n) is 15.0. The largest absolute Gasteiger partial charge is 0.351 e. The summed E-state index contributed by atoms with van der Waals surface area (Å²) in [4.78, 5) is 36.4. The van der Waals surface area contributed by atoms with Crippen LogP contribution in [0.4, 0.5) is 5.69 Å². The molecule has 1 aliphatic rings. The van der Waals surface area contributed by atoms with Gasteiger partial charge in [-0.3, -0.25) is 23.8 Å². The Balaban J connectivity index is 1.30. The Bertz CT molecular complexity index is 2140. The number of carbonyl (C=O) groups is 1. The van der Waals surface area contributed by atoms with Crippen LogP contribution in [0.3, 0.4) is 0 Å². The van der Waals surface area contributed by atoms with Crippen LogP contribution in [0.2, 0.25) is 5.02 Å². The molecule has 0 saturated carbocycles. The molecule has 0 saturated heterocycles. The van der Waals surface area contributed by atoms with E-state index in [2.05, 4.69) is 39.2 Å². The summed E-state index contributed by atoms with van der Waals surface area (Å²) in [5.74, 6) is -0.263. The maximum Gasteiger partial charge on any atom is 0.254 e. The van der Waals surface area contributed by atoms with Gasteiger partial charge in [-0.05, 0) is 66.4 Å². The minimum absolute atomic E-state index is 0.0532. The standard InChI is InChI=1S/C35H32ClN7O2/c1-21-5-4-6-32(29-16-24(11-13-37-29)34-30(40-35(21)45)19-39-42(34)3)43-20-38-28(18-33(43)44)27-17-25(36)8-9-26(27)22-7-10-31-23(15-22)12-14-41(31)2/h7-21,32H,4-6H2,1-3H3,(H,40,45). The number of hydrogen-bond donors (Lipinski definition) is 1.